The average molecular weight is 1130 g/mol. The molecule has 0 saturated carbocycles. The highest BCUT2D eigenvalue weighted by molar-refractivity contribution is 7.43. The lowest BCUT2D eigenvalue weighted by Gasteiger charge is -2.35. The number of benzene rings is 6. The van der Waals surface area contributed by atoms with E-state index in [1.807, 2.05) is 27.7 Å². The van der Waals surface area contributed by atoms with E-state index in [4.69, 9.17) is 69.8 Å². The van der Waals surface area contributed by atoms with Gasteiger partial charge in [0, 0.05) is 101 Å². The minimum absolute atomic E-state index is 0.355. The van der Waals surface area contributed by atoms with Crippen LogP contribution in [-0.2, 0) is 16.2 Å². The van der Waals surface area contributed by atoms with Gasteiger partial charge in [-0.15, -0.1) is 0 Å². The zero-order valence-corrected chi connectivity index (χ0v) is 51.9. The zero-order chi connectivity index (χ0) is 58.4. The smallest absolute Gasteiger partial charge is 0.496 e. The van der Waals surface area contributed by atoms with Crippen LogP contribution >= 0.6 is 17.2 Å². The van der Waals surface area contributed by atoms with Crippen molar-refractivity contribution in [3.05, 3.63) is 113 Å². The third-order valence-electron chi connectivity index (χ3n) is 12.5. The van der Waals surface area contributed by atoms with Gasteiger partial charge < -0.3 is 69.8 Å². The molecule has 0 bridgehead atoms. The largest absolute Gasteiger partial charge is 0.530 e. The normalized spacial score (nSPS) is 11.9. The second kappa shape index (κ2) is 25.1. The van der Waals surface area contributed by atoms with Crippen LogP contribution in [0.15, 0.2) is 84.9 Å². The van der Waals surface area contributed by atoms with Crippen molar-refractivity contribution < 1.29 is 69.8 Å². The van der Waals surface area contributed by atoms with Gasteiger partial charge in [-0.2, -0.15) is 0 Å². The lowest BCUT2D eigenvalue weighted by atomic mass is 9.74. The Kier molecular flexibility index (Phi) is 19.5. The molecule has 79 heavy (non-hydrogen) atoms. The van der Waals surface area contributed by atoms with Crippen molar-refractivity contribution in [2.24, 2.45) is 0 Å². The predicted octanol–water partition coefficient (Wildman–Crippen LogP) is 16.6. The van der Waals surface area contributed by atoms with Gasteiger partial charge in [0.2, 0.25) is 0 Å². The van der Waals surface area contributed by atoms with Gasteiger partial charge in [0.25, 0.3) is 0 Å². The van der Waals surface area contributed by atoms with Gasteiger partial charge in [-0.3, -0.25) is 0 Å². The molecule has 0 N–H and O–H groups in total. The second-order valence-corrected chi connectivity index (χ2v) is 24.7. The Morgan fingerprint density at radius 2 is 0.519 bits per heavy atom. The first-order valence-corrected chi connectivity index (χ1v) is 27.9. The molecule has 6 aromatic carbocycles. The Morgan fingerprint density at radius 1 is 0.278 bits per heavy atom. The monoisotopic (exact) mass is 1130 g/mol. The van der Waals surface area contributed by atoms with Crippen molar-refractivity contribution in [3.8, 4) is 97.4 Å². The van der Waals surface area contributed by atoms with Crippen LogP contribution in [0.1, 0.15) is 111 Å². The van der Waals surface area contributed by atoms with Crippen LogP contribution in [0.3, 0.4) is 0 Å². The van der Waals surface area contributed by atoms with Gasteiger partial charge >= 0.3 is 17.2 Å². The molecular weight excluding hydrogens is 1050 g/mol. The molecule has 6 aromatic rings. The van der Waals surface area contributed by atoms with Crippen molar-refractivity contribution in [2.45, 2.75) is 119 Å². The predicted molar refractivity (Wildman–Crippen MR) is 314 cm³/mol. The van der Waals surface area contributed by atoms with E-state index in [0.717, 1.165) is 27.8 Å². The standard InChI is InChI=1S/C62H80O15P2/c1-37-51(59(3,4)5)35-52(60(6,7)8)57(76-78(72-47-27-39(63-15)23-40(28-47)64-16)73-48-29-41(65-17)24-42(30-48)66-18)55(37)56-38(2)54(71-62(12,13)14)36-53(61(9,10)11)58(56)77-79(74-49-31-43(67-19)25-44(32-49)68-20)75-50-33-45(69-21)26-46(34-50)70-22/h23-36H,1-22H3. The summed E-state index contributed by atoms with van der Waals surface area (Å²) in [5.41, 5.74) is 3.52. The number of ether oxygens (including phenoxy) is 9. The van der Waals surface area contributed by atoms with E-state index in [0.29, 0.717) is 97.4 Å². The molecule has 0 atom stereocenters. The first kappa shape index (κ1) is 61.4. The average Bonchev–Trinajstić information content (AvgIpc) is 3.40. The third kappa shape index (κ3) is 15.5. The van der Waals surface area contributed by atoms with Crippen LogP contribution < -0.4 is 69.8 Å². The minimum atomic E-state index is -2.46. The molecule has 0 unspecified atom stereocenters. The van der Waals surface area contributed by atoms with Gasteiger partial charge in [-0.1, -0.05) is 68.4 Å². The van der Waals surface area contributed by atoms with Crippen LogP contribution in [0.4, 0.5) is 0 Å². The highest BCUT2D eigenvalue weighted by Gasteiger charge is 2.39. The van der Waals surface area contributed by atoms with E-state index in [-0.39, 0.29) is 5.41 Å². The fourth-order valence-electron chi connectivity index (χ4n) is 8.55. The van der Waals surface area contributed by atoms with Gasteiger partial charge in [0.05, 0.1) is 56.9 Å². The number of hydrogen-bond donors (Lipinski definition) is 0. The van der Waals surface area contributed by atoms with Gasteiger partial charge in [-0.25, -0.2) is 0 Å². The molecule has 0 fully saturated rings. The maximum atomic E-state index is 7.53. The second-order valence-electron chi connectivity index (χ2n) is 22.7. The number of methoxy groups -OCH3 is 8. The van der Waals surface area contributed by atoms with Crippen molar-refractivity contribution >= 4 is 17.2 Å². The molecule has 0 aliphatic carbocycles. The molecule has 0 amide bonds. The van der Waals surface area contributed by atoms with Crippen molar-refractivity contribution in [3.63, 3.8) is 0 Å². The van der Waals surface area contributed by atoms with E-state index in [1.54, 1.807) is 130 Å². The maximum Gasteiger partial charge on any atom is 0.530 e. The summed E-state index contributed by atoms with van der Waals surface area (Å²) < 4.78 is 95.2. The van der Waals surface area contributed by atoms with E-state index in [2.05, 4.69) is 81.4 Å². The molecule has 0 aliphatic rings. The first-order chi connectivity index (χ1) is 37.0. The SMILES string of the molecule is COc1cc(OC)cc(OP(Oc2cc(OC)cc(OC)c2)Oc2c(C(C)(C)C)cc(OC(C)(C)C)c(C)c2-c2c(C)c(C(C)(C)C)cc(C(C)(C)C)c2OP(Oc2cc(OC)cc(OC)c2)Oc2cc(OC)cc(OC)c2)c1. The highest BCUT2D eigenvalue weighted by atomic mass is 31.2. The summed E-state index contributed by atoms with van der Waals surface area (Å²) in [5.74, 6) is 6.95. The molecule has 0 radical (unpaired) electrons. The Hall–Kier alpha value is -6.82. The third-order valence-corrected chi connectivity index (χ3v) is 14.6. The molecule has 0 spiro atoms. The molecule has 0 heterocycles. The molecule has 0 saturated heterocycles. The molecule has 0 aromatic heterocycles. The fraction of sp³-hybridized carbons (Fsp3) is 0.419. The lowest BCUT2D eigenvalue weighted by Crippen LogP contribution is -2.25. The summed E-state index contributed by atoms with van der Waals surface area (Å²) in [6, 6.07) is 25.3. The van der Waals surface area contributed by atoms with Crippen LogP contribution in [0.2, 0.25) is 0 Å². The Labute approximate surface area is 470 Å². The highest BCUT2D eigenvalue weighted by Crippen LogP contribution is 2.59. The fourth-order valence-corrected chi connectivity index (χ4v) is 10.6. The van der Waals surface area contributed by atoms with E-state index < -0.39 is 33.6 Å². The molecule has 6 rings (SSSR count). The molecular formula is C62H80O15P2. The Morgan fingerprint density at radius 3 is 0.759 bits per heavy atom. The van der Waals surface area contributed by atoms with Crippen molar-refractivity contribution in [1.82, 2.24) is 0 Å². The van der Waals surface area contributed by atoms with E-state index in [1.165, 1.54) is 0 Å². The lowest BCUT2D eigenvalue weighted by molar-refractivity contribution is 0.129. The summed E-state index contributed by atoms with van der Waals surface area (Å²) in [5, 5.41) is 0. The van der Waals surface area contributed by atoms with E-state index in [9.17, 15) is 0 Å². The summed E-state index contributed by atoms with van der Waals surface area (Å²) in [6.45, 7) is 29.7. The summed E-state index contributed by atoms with van der Waals surface area (Å²) in [6.07, 6.45) is 0. The summed E-state index contributed by atoms with van der Waals surface area (Å²) in [4.78, 5) is 0. The van der Waals surface area contributed by atoms with Gasteiger partial charge in [0.1, 0.15) is 91.8 Å². The quantitative estimate of drug-likeness (QED) is 0.0596. The van der Waals surface area contributed by atoms with E-state index >= 15 is 0 Å². The minimum Gasteiger partial charge on any atom is -0.496 e. The van der Waals surface area contributed by atoms with Gasteiger partial charge in [0.15, 0.2) is 0 Å². The maximum absolute atomic E-state index is 7.53. The van der Waals surface area contributed by atoms with Crippen molar-refractivity contribution in [2.75, 3.05) is 56.9 Å². The van der Waals surface area contributed by atoms with Crippen molar-refractivity contribution in [1.29, 1.82) is 0 Å². The molecule has 428 valence electrons. The number of rotatable bonds is 22. The first-order valence-electron chi connectivity index (χ1n) is 25.7. The molecule has 17 heteroatoms. The van der Waals surface area contributed by atoms with Crippen LogP contribution in [-0.4, -0.2) is 62.5 Å². The van der Waals surface area contributed by atoms with Crippen LogP contribution in [0.25, 0.3) is 11.1 Å². The topological polar surface area (TPSA) is 138 Å². The zero-order valence-electron chi connectivity index (χ0n) is 50.1. The van der Waals surface area contributed by atoms with Crippen LogP contribution in [0.5, 0.6) is 86.2 Å². The molecule has 15 nitrogen and oxygen atoms in total. The Balaban J connectivity index is 1.78. The Bertz CT molecular complexity index is 2870. The summed E-state index contributed by atoms with van der Waals surface area (Å²) >= 11 is 0. The number of hydrogen-bond acceptors (Lipinski definition) is 15. The van der Waals surface area contributed by atoms with Gasteiger partial charge in [-0.05, 0) is 68.1 Å². The summed E-state index contributed by atoms with van der Waals surface area (Å²) in [7, 11) is 7.70. The van der Waals surface area contributed by atoms with Crippen LogP contribution in [0, 0.1) is 13.8 Å². The molecule has 0 aliphatic heterocycles.